The van der Waals surface area contributed by atoms with Gasteiger partial charge < -0.3 is 20.5 Å². The van der Waals surface area contributed by atoms with Gasteiger partial charge in [-0.15, -0.1) is 0 Å². The van der Waals surface area contributed by atoms with Crippen LogP contribution in [0.25, 0.3) is 0 Å². The van der Waals surface area contributed by atoms with E-state index in [9.17, 15) is 9.18 Å². The van der Waals surface area contributed by atoms with Crippen molar-refractivity contribution >= 4 is 35.1 Å². The van der Waals surface area contributed by atoms with Crippen LogP contribution < -0.4 is 16.0 Å². The van der Waals surface area contributed by atoms with Gasteiger partial charge in [-0.05, 0) is 23.8 Å². The Kier molecular flexibility index (Phi) is 7.94. The summed E-state index contributed by atoms with van der Waals surface area (Å²) in [6.45, 7) is 1.40. The maximum Gasteiger partial charge on any atom is 0.224 e. The molecular formula is C18H22Cl2FN5O. The predicted molar refractivity (Wildman–Crippen MR) is 107 cm³/mol. The Morgan fingerprint density at radius 3 is 2.56 bits per heavy atom. The van der Waals surface area contributed by atoms with E-state index in [4.69, 9.17) is 23.2 Å². The SMILES string of the molecule is CN=C(NCCNC(=O)Cc1cccc(F)c1)NCc1cc(Cl)c(Cl)n1C. The van der Waals surface area contributed by atoms with Crippen molar-refractivity contribution in [3.05, 3.63) is 57.6 Å². The van der Waals surface area contributed by atoms with Crippen LogP contribution in [0.2, 0.25) is 10.2 Å². The molecule has 0 saturated heterocycles. The molecule has 9 heteroatoms. The van der Waals surface area contributed by atoms with Crippen molar-refractivity contribution in [3.8, 4) is 0 Å². The Labute approximate surface area is 167 Å². The van der Waals surface area contributed by atoms with Gasteiger partial charge in [0.2, 0.25) is 5.91 Å². The molecule has 0 radical (unpaired) electrons. The largest absolute Gasteiger partial charge is 0.355 e. The Hall–Kier alpha value is -2.25. The number of carbonyl (C=O) groups excluding carboxylic acids is 1. The molecule has 6 nitrogen and oxygen atoms in total. The van der Waals surface area contributed by atoms with Gasteiger partial charge in [0.05, 0.1) is 18.0 Å². The fourth-order valence-electron chi connectivity index (χ4n) is 2.43. The third-order valence-electron chi connectivity index (χ3n) is 3.87. The van der Waals surface area contributed by atoms with E-state index >= 15 is 0 Å². The van der Waals surface area contributed by atoms with E-state index in [2.05, 4.69) is 20.9 Å². The molecule has 0 aliphatic rings. The lowest BCUT2D eigenvalue weighted by atomic mass is 10.1. The molecule has 2 rings (SSSR count). The number of carbonyl (C=O) groups is 1. The van der Waals surface area contributed by atoms with Crippen molar-refractivity contribution in [2.24, 2.45) is 12.0 Å². The van der Waals surface area contributed by atoms with E-state index in [0.29, 0.717) is 41.3 Å². The summed E-state index contributed by atoms with van der Waals surface area (Å²) in [6, 6.07) is 7.79. The molecule has 3 N–H and O–H groups in total. The highest BCUT2D eigenvalue weighted by atomic mass is 35.5. The summed E-state index contributed by atoms with van der Waals surface area (Å²) < 4.78 is 14.9. The molecule has 0 fully saturated rings. The second kappa shape index (κ2) is 10.2. The zero-order valence-electron chi connectivity index (χ0n) is 15.2. The number of benzene rings is 1. The molecule has 0 aliphatic carbocycles. The number of nitrogens with zero attached hydrogens (tertiary/aromatic N) is 2. The van der Waals surface area contributed by atoms with Gasteiger partial charge in [0.1, 0.15) is 11.0 Å². The molecule has 146 valence electrons. The van der Waals surface area contributed by atoms with Gasteiger partial charge in [0.15, 0.2) is 5.96 Å². The first-order valence-corrected chi connectivity index (χ1v) is 9.11. The van der Waals surface area contributed by atoms with Crippen LogP contribution in [0, 0.1) is 5.82 Å². The lowest BCUT2D eigenvalue weighted by Crippen LogP contribution is -2.41. The maximum atomic E-state index is 13.1. The van der Waals surface area contributed by atoms with Gasteiger partial charge >= 0.3 is 0 Å². The number of halogens is 3. The first-order valence-electron chi connectivity index (χ1n) is 8.36. The third kappa shape index (κ3) is 6.45. The van der Waals surface area contributed by atoms with Crippen LogP contribution in [0.4, 0.5) is 4.39 Å². The van der Waals surface area contributed by atoms with Crippen molar-refractivity contribution in [3.63, 3.8) is 0 Å². The lowest BCUT2D eigenvalue weighted by molar-refractivity contribution is -0.120. The minimum atomic E-state index is -0.349. The van der Waals surface area contributed by atoms with Crippen LogP contribution in [-0.4, -0.2) is 36.6 Å². The fraction of sp³-hybridized carbons (Fsp3) is 0.333. The average molecular weight is 414 g/mol. The van der Waals surface area contributed by atoms with Gasteiger partial charge in [0.25, 0.3) is 0 Å². The van der Waals surface area contributed by atoms with Gasteiger partial charge in [-0.1, -0.05) is 35.3 Å². The number of rotatable bonds is 7. The second-order valence-corrected chi connectivity index (χ2v) is 6.61. The topological polar surface area (TPSA) is 70.4 Å². The standard InChI is InChI=1S/C18H22Cl2FN5O/c1-22-18(25-11-14-10-15(19)17(20)26(14)2)24-7-6-23-16(27)9-12-4-3-5-13(21)8-12/h3-5,8,10H,6-7,9,11H2,1-2H3,(H,23,27)(H2,22,24,25). The highest BCUT2D eigenvalue weighted by molar-refractivity contribution is 6.41. The maximum absolute atomic E-state index is 13.1. The Balaban J connectivity index is 1.70. The fourth-order valence-corrected chi connectivity index (χ4v) is 2.85. The first kappa shape index (κ1) is 21.1. The highest BCUT2D eigenvalue weighted by Crippen LogP contribution is 2.24. The molecule has 0 atom stereocenters. The molecule has 0 bridgehead atoms. The van der Waals surface area contributed by atoms with Crippen molar-refractivity contribution < 1.29 is 9.18 Å². The summed E-state index contributed by atoms with van der Waals surface area (Å²) >= 11 is 12.0. The van der Waals surface area contributed by atoms with E-state index < -0.39 is 0 Å². The third-order valence-corrected chi connectivity index (χ3v) is 4.71. The summed E-state index contributed by atoms with van der Waals surface area (Å²) in [6.07, 6.45) is 0.139. The zero-order chi connectivity index (χ0) is 19.8. The summed E-state index contributed by atoms with van der Waals surface area (Å²) in [7, 11) is 3.48. The van der Waals surface area contributed by atoms with Crippen molar-refractivity contribution in [1.82, 2.24) is 20.5 Å². The van der Waals surface area contributed by atoms with E-state index in [-0.39, 0.29) is 18.1 Å². The molecule has 1 amide bonds. The van der Waals surface area contributed by atoms with Crippen molar-refractivity contribution in [2.45, 2.75) is 13.0 Å². The molecule has 0 spiro atoms. The van der Waals surface area contributed by atoms with Crippen LogP contribution in [-0.2, 0) is 24.8 Å². The first-order chi connectivity index (χ1) is 12.9. The second-order valence-electron chi connectivity index (χ2n) is 5.84. The predicted octanol–water partition coefficient (Wildman–Crippen LogP) is 2.49. The highest BCUT2D eigenvalue weighted by Gasteiger charge is 2.09. The molecule has 2 aromatic rings. The van der Waals surface area contributed by atoms with Crippen LogP contribution in [0.1, 0.15) is 11.3 Å². The van der Waals surface area contributed by atoms with Gasteiger partial charge in [-0.3, -0.25) is 9.79 Å². The smallest absolute Gasteiger partial charge is 0.224 e. The van der Waals surface area contributed by atoms with Gasteiger partial charge in [-0.25, -0.2) is 4.39 Å². The summed E-state index contributed by atoms with van der Waals surface area (Å²) in [5, 5.41) is 10.0. The Bertz CT molecular complexity index is 822. The van der Waals surface area contributed by atoms with Crippen molar-refractivity contribution in [2.75, 3.05) is 20.1 Å². The number of hydrogen-bond acceptors (Lipinski definition) is 2. The summed E-state index contributed by atoms with van der Waals surface area (Å²) in [5.41, 5.74) is 1.55. The summed E-state index contributed by atoms with van der Waals surface area (Å²) in [5.74, 6) is 0.0684. The minimum Gasteiger partial charge on any atom is -0.355 e. The number of nitrogens with one attached hydrogen (secondary N) is 3. The molecule has 1 heterocycles. The molecule has 0 saturated carbocycles. The number of aromatic nitrogens is 1. The number of aliphatic imine (C=N–C) groups is 1. The Morgan fingerprint density at radius 2 is 1.93 bits per heavy atom. The molecule has 0 unspecified atom stereocenters. The molecule has 1 aromatic carbocycles. The quantitative estimate of drug-likeness (QED) is 0.371. The van der Waals surface area contributed by atoms with Crippen LogP contribution >= 0.6 is 23.2 Å². The van der Waals surface area contributed by atoms with E-state index in [1.54, 1.807) is 29.8 Å². The van der Waals surface area contributed by atoms with E-state index in [1.165, 1.54) is 12.1 Å². The van der Waals surface area contributed by atoms with Crippen LogP contribution in [0.3, 0.4) is 0 Å². The molecule has 0 aliphatic heterocycles. The number of amides is 1. The molecule has 27 heavy (non-hydrogen) atoms. The lowest BCUT2D eigenvalue weighted by Gasteiger charge is -2.13. The Morgan fingerprint density at radius 1 is 1.19 bits per heavy atom. The number of guanidine groups is 1. The van der Waals surface area contributed by atoms with Crippen molar-refractivity contribution in [1.29, 1.82) is 0 Å². The monoisotopic (exact) mass is 413 g/mol. The average Bonchev–Trinajstić information content (AvgIpc) is 2.88. The summed E-state index contributed by atoms with van der Waals surface area (Å²) in [4.78, 5) is 16.0. The van der Waals surface area contributed by atoms with Crippen LogP contribution in [0.5, 0.6) is 0 Å². The van der Waals surface area contributed by atoms with Gasteiger partial charge in [-0.2, -0.15) is 0 Å². The molecule has 1 aromatic heterocycles. The molecular weight excluding hydrogens is 392 g/mol. The van der Waals surface area contributed by atoms with Crippen LogP contribution in [0.15, 0.2) is 35.3 Å². The van der Waals surface area contributed by atoms with E-state index in [0.717, 1.165) is 5.69 Å². The van der Waals surface area contributed by atoms with E-state index in [1.807, 2.05) is 7.05 Å². The number of hydrogen-bond donors (Lipinski definition) is 3. The minimum absolute atomic E-state index is 0.139. The zero-order valence-corrected chi connectivity index (χ0v) is 16.7. The van der Waals surface area contributed by atoms with Gasteiger partial charge in [0, 0.05) is 32.9 Å². The normalized spacial score (nSPS) is 11.4.